The lowest BCUT2D eigenvalue weighted by molar-refractivity contribution is -0.124. The van der Waals surface area contributed by atoms with E-state index < -0.39 is 0 Å². The summed E-state index contributed by atoms with van der Waals surface area (Å²) in [5.41, 5.74) is 6.05. The Morgan fingerprint density at radius 3 is 2.32 bits per heavy atom. The van der Waals surface area contributed by atoms with Crippen LogP contribution in [0.4, 0.5) is 0 Å². The molecular weight excluding hydrogens is 236 g/mol. The van der Waals surface area contributed by atoms with Gasteiger partial charge in [0.05, 0.1) is 0 Å². The van der Waals surface area contributed by atoms with Gasteiger partial charge in [-0.1, -0.05) is 38.5 Å². The molecule has 0 aromatic rings. The molecule has 1 amide bonds. The minimum Gasteiger partial charge on any atom is -0.356 e. The Balaban J connectivity index is 1.72. The van der Waals surface area contributed by atoms with Crippen LogP contribution in [0.15, 0.2) is 0 Å². The van der Waals surface area contributed by atoms with Gasteiger partial charge in [0.15, 0.2) is 0 Å². The number of hydrogen-bond donors (Lipinski definition) is 2. The van der Waals surface area contributed by atoms with Crippen LogP contribution >= 0.6 is 0 Å². The number of carbonyl (C=O) groups excluding carboxylic acids is 1. The van der Waals surface area contributed by atoms with Crippen LogP contribution in [-0.2, 0) is 4.79 Å². The quantitative estimate of drug-likeness (QED) is 0.803. The van der Waals surface area contributed by atoms with Crippen LogP contribution in [-0.4, -0.2) is 19.0 Å². The number of hydrogen-bond acceptors (Lipinski definition) is 2. The van der Waals surface area contributed by atoms with E-state index in [1.54, 1.807) is 0 Å². The van der Waals surface area contributed by atoms with Gasteiger partial charge in [0.25, 0.3) is 0 Å². The molecule has 2 saturated carbocycles. The maximum atomic E-state index is 12.2. The van der Waals surface area contributed by atoms with E-state index >= 15 is 0 Å². The number of nitrogens with two attached hydrogens (primary N) is 1. The van der Waals surface area contributed by atoms with Crippen molar-refractivity contribution >= 4 is 5.91 Å². The maximum absolute atomic E-state index is 12.2. The first kappa shape index (κ1) is 14.8. The molecule has 0 unspecified atom stereocenters. The zero-order valence-electron chi connectivity index (χ0n) is 12.3. The molecule has 0 saturated heterocycles. The molecule has 3 N–H and O–H groups in total. The summed E-state index contributed by atoms with van der Waals surface area (Å²) in [5.74, 6) is 0.954. The van der Waals surface area contributed by atoms with Crippen molar-refractivity contribution in [2.45, 2.75) is 70.6 Å². The van der Waals surface area contributed by atoms with Crippen LogP contribution in [0.1, 0.15) is 70.6 Å². The average molecular weight is 266 g/mol. The fourth-order valence-corrected chi connectivity index (χ4v) is 3.81. The molecule has 0 radical (unpaired) electrons. The molecule has 0 aliphatic heterocycles. The highest BCUT2D eigenvalue weighted by molar-refractivity contribution is 5.76. The van der Waals surface area contributed by atoms with Crippen LogP contribution in [0, 0.1) is 11.3 Å². The van der Waals surface area contributed by atoms with E-state index in [4.69, 9.17) is 5.73 Å². The highest BCUT2D eigenvalue weighted by atomic mass is 16.1. The van der Waals surface area contributed by atoms with Crippen LogP contribution in [0.5, 0.6) is 0 Å². The van der Waals surface area contributed by atoms with Crippen molar-refractivity contribution in [3.8, 4) is 0 Å². The van der Waals surface area contributed by atoms with Gasteiger partial charge in [0, 0.05) is 13.0 Å². The van der Waals surface area contributed by atoms with Crippen molar-refractivity contribution in [1.82, 2.24) is 5.32 Å². The number of nitrogens with one attached hydrogen (secondary N) is 1. The maximum Gasteiger partial charge on any atom is 0.220 e. The molecule has 2 rings (SSSR count). The van der Waals surface area contributed by atoms with Crippen LogP contribution in [0.3, 0.4) is 0 Å². The standard InChI is InChI=1S/C16H30N2O/c17-13-16(9-5-2-6-10-16)11-15(19)18-12-14-7-3-1-4-8-14/h14H,1-13,17H2,(H,18,19). The molecule has 3 nitrogen and oxygen atoms in total. The first-order valence-corrected chi connectivity index (χ1v) is 8.21. The molecule has 2 aliphatic carbocycles. The van der Waals surface area contributed by atoms with E-state index in [0.29, 0.717) is 13.0 Å². The Morgan fingerprint density at radius 1 is 1.05 bits per heavy atom. The molecule has 19 heavy (non-hydrogen) atoms. The van der Waals surface area contributed by atoms with Gasteiger partial charge >= 0.3 is 0 Å². The predicted molar refractivity (Wildman–Crippen MR) is 78.8 cm³/mol. The van der Waals surface area contributed by atoms with Crippen LogP contribution in [0.2, 0.25) is 0 Å². The monoisotopic (exact) mass is 266 g/mol. The van der Waals surface area contributed by atoms with Gasteiger partial charge in [0.2, 0.25) is 5.91 Å². The second-order valence-corrected chi connectivity index (χ2v) is 6.75. The Bertz CT molecular complexity index is 278. The number of rotatable bonds is 5. The summed E-state index contributed by atoms with van der Waals surface area (Å²) in [6, 6.07) is 0. The van der Waals surface area contributed by atoms with Crippen molar-refractivity contribution in [3.05, 3.63) is 0 Å². The highest BCUT2D eigenvalue weighted by Crippen LogP contribution is 2.38. The molecular formula is C16H30N2O. The number of carbonyl (C=O) groups is 1. The Morgan fingerprint density at radius 2 is 1.68 bits per heavy atom. The molecule has 0 heterocycles. The van der Waals surface area contributed by atoms with Gasteiger partial charge in [-0.2, -0.15) is 0 Å². The zero-order chi connectivity index (χ0) is 13.6. The van der Waals surface area contributed by atoms with Gasteiger partial charge in [-0.15, -0.1) is 0 Å². The van der Waals surface area contributed by atoms with E-state index in [9.17, 15) is 4.79 Å². The largest absolute Gasteiger partial charge is 0.356 e. The Kier molecular flexibility index (Phi) is 5.68. The molecule has 0 atom stereocenters. The summed E-state index contributed by atoms with van der Waals surface area (Å²) < 4.78 is 0. The summed E-state index contributed by atoms with van der Waals surface area (Å²) in [4.78, 5) is 12.2. The molecule has 0 aromatic heterocycles. The van der Waals surface area contributed by atoms with Crippen LogP contribution < -0.4 is 11.1 Å². The SMILES string of the molecule is NCC1(CC(=O)NCC2CCCCC2)CCCCC1. The second-order valence-electron chi connectivity index (χ2n) is 6.75. The lowest BCUT2D eigenvalue weighted by atomic mass is 9.71. The van der Waals surface area contributed by atoms with E-state index in [2.05, 4.69) is 5.32 Å². The fourth-order valence-electron chi connectivity index (χ4n) is 3.81. The third-order valence-electron chi connectivity index (χ3n) is 5.20. The Labute approximate surface area is 117 Å². The minimum absolute atomic E-state index is 0.106. The summed E-state index contributed by atoms with van der Waals surface area (Å²) in [6.07, 6.45) is 13.4. The summed E-state index contributed by atoms with van der Waals surface area (Å²) in [7, 11) is 0. The van der Waals surface area contributed by atoms with E-state index in [1.165, 1.54) is 51.4 Å². The smallest absolute Gasteiger partial charge is 0.220 e. The van der Waals surface area contributed by atoms with E-state index in [0.717, 1.165) is 25.3 Å². The first-order valence-electron chi connectivity index (χ1n) is 8.21. The third kappa shape index (κ3) is 4.48. The molecule has 3 heteroatoms. The second kappa shape index (κ2) is 7.28. The normalized spacial score (nSPS) is 24.1. The van der Waals surface area contributed by atoms with Crippen molar-refractivity contribution < 1.29 is 4.79 Å². The van der Waals surface area contributed by atoms with Crippen molar-refractivity contribution in [1.29, 1.82) is 0 Å². The molecule has 2 aliphatic rings. The van der Waals surface area contributed by atoms with Gasteiger partial charge in [0.1, 0.15) is 0 Å². The summed E-state index contributed by atoms with van der Waals surface area (Å²) >= 11 is 0. The van der Waals surface area contributed by atoms with E-state index in [1.807, 2.05) is 0 Å². The zero-order valence-corrected chi connectivity index (χ0v) is 12.3. The van der Waals surface area contributed by atoms with Crippen LogP contribution in [0.25, 0.3) is 0 Å². The highest BCUT2D eigenvalue weighted by Gasteiger charge is 2.32. The Hall–Kier alpha value is -0.570. The third-order valence-corrected chi connectivity index (χ3v) is 5.20. The molecule has 2 fully saturated rings. The van der Waals surface area contributed by atoms with Crippen molar-refractivity contribution in [2.75, 3.05) is 13.1 Å². The van der Waals surface area contributed by atoms with Crippen molar-refractivity contribution in [2.24, 2.45) is 17.1 Å². The summed E-state index contributed by atoms with van der Waals surface area (Å²) in [5, 5.41) is 3.16. The number of amides is 1. The molecule has 110 valence electrons. The predicted octanol–water partition coefficient (Wildman–Crippen LogP) is 2.98. The lowest BCUT2D eigenvalue weighted by Crippen LogP contribution is -2.39. The lowest BCUT2D eigenvalue weighted by Gasteiger charge is -2.35. The van der Waals surface area contributed by atoms with Gasteiger partial charge in [-0.05, 0) is 43.6 Å². The average Bonchev–Trinajstić information content (AvgIpc) is 2.47. The van der Waals surface area contributed by atoms with Gasteiger partial charge < -0.3 is 11.1 Å². The van der Waals surface area contributed by atoms with Gasteiger partial charge in [-0.25, -0.2) is 0 Å². The molecule has 0 spiro atoms. The van der Waals surface area contributed by atoms with Gasteiger partial charge in [-0.3, -0.25) is 4.79 Å². The molecule has 0 bridgehead atoms. The minimum atomic E-state index is 0.106. The first-order chi connectivity index (χ1) is 9.24. The molecule has 0 aromatic carbocycles. The van der Waals surface area contributed by atoms with E-state index in [-0.39, 0.29) is 11.3 Å². The summed E-state index contributed by atoms with van der Waals surface area (Å²) in [6.45, 7) is 1.56. The fraction of sp³-hybridized carbons (Fsp3) is 0.938. The topological polar surface area (TPSA) is 55.1 Å². The van der Waals surface area contributed by atoms with Crippen molar-refractivity contribution in [3.63, 3.8) is 0 Å².